The quantitative estimate of drug-likeness (QED) is 0.657. The van der Waals surface area contributed by atoms with Crippen molar-refractivity contribution in [2.24, 2.45) is 5.92 Å². The Labute approximate surface area is 165 Å². The molecule has 0 saturated carbocycles. The van der Waals surface area contributed by atoms with E-state index in [9.17, 15) is 9.59 Å². The van der Waals surface area contributed by atoms with Gasteiger partial charge in [0.25, 0.3) is 5.91 Å². The number of rotatable bonds is 5. The highest BCUT2D eigenvalue weighted by Gasteiger charge is 2.35. The maximum atomic E-state index is 12.5. The lowest BCUT2D eigenvalue weighted by Crippen LogP contribution is -2.53. The Morgan fingerprint density at radius 3 is 2.56 bits per heavy atom. The first kappa shape index (κ1) is 18.0. The van der Waals surface area contributed by atoms with Crippen LogP contribution in [-0.2, 0) is 11.2 Å². The number of ketones is 1. The van der Waals surface area contributed by atoms with Gasteiger partial charge in [0.1, 0.15) is 10.8 Å². The number of likely N-dealkylation sites (tertiary alicyclic amines) is 1. The maximum absolute atomic E-state index is 12.5. The number of hydrogen-bond acceptors (Lipinski definition) is 6. The lowest BCUT2D eigenvalue weighted by molar-refractivity contribution is -0.126. The Kier molecular flexibility index (Phi) is 4.88. The van der Waals surface area contributed by atoms with Gasteiger partial charge in [-0.15, -0.1) is 22.7 Å². The summed E-state index contributed by atoms with van der Waals surface area (Å²) in [6.07, 6.45) is 0.333. The predicted molar refractivity (Wildman–Crippen MR) is 107 cm³/mol. The molecule has 1 fully saturated rings. The van der Waals surface area contributed by atoms with E-state index in [4.69, 9.17) is 0 Å². The van der Waals surface area contributed by atoms with Gasteiger partial charge >= 0.3 is 0 Å². The summed E-state index contributed by atoms with van der Waals surface area (Å²) in [6.45, 7) is 4.96. The monoisotopic (exact) mass is 397 g/mol. The van der Waals surface area contributed by atoms with Crippen molar-refractivity contribution in [2.75, 3.05) is 13.1 Å². The van der Waals surface area contributed by atoms with E-state index in [2.05, 4.69) is 9.97 Å². The molecule has 4 rings (SSSR count). The second-order valence-corrected chi connectivity index (χ2v) is 8.84. The largest absolute Gasteiger partial charge is 0.337 e. The van der Waals surface area contributed by atoms with Crippen molar-refractivity contribution in [3.8, 4) is 10.6 Å². The lowest BCUT2D eigenvalue weighted by Gasteiger charge is -2.38. The van der Waals surface area contributed by atoms with Gasteiger partial charge in [-0.05, 0) is 26.0 Å². The third-order valence-corrected chi connectivity index (χ3v) is 6.60. The molecule has 3 heterocycles. The first-order valence-electron chi connectivity index (χ1n) is 8.77. The number of carbonyl (C=O) groups is 2. The minimum atomic E-state index is -0.0857. The molecule has 0 atom stereocenters. The molecule has 1 amide bonds. The molecule has 0 radical (unpaired) electrons. The van der Waals surface area contributed by atoms with E-state index in [0.29, 0.717) is 25.1 Å². The summed E-state index contributed by atoms with van der Waals surface area (Å²) in [5.41, 5.74) is 2.55. The van der Waals surface area contributed by atoms with Crippen LogP contribution in [0.15, 0.2) is 35.7 Å². The highest BCUT2D eigenvalue weighted by atomic mass is 32.1. The third kappa shape index (κ3) is 3.70. The van der Waals surface area contributed by atoms with Crippen LogP contribution in [0.3, 0.4) is 0 Å². The number of aromatic nitrogens is 2. The fourth-order valence-corrected chi connectivity index (χ4v) is 4.92. The minimum absolute atomic E-state index is 0.00720. The van der Waals surface area contributed by atoms with Crippen molar-refractivity contribution < 1.29 is 9.59 Å². The Morgan fingerprint density at radius 2 is 1.89 bits per heavy atom. The van der Waals surface area contributed by atoms with Gasteiger partial charge in [-0.25, -0.2) is 9.97 Å². The maximum Gasteiger partial charge on any atom is 0.253 e. The second kappa shape index (κ2) is 7.32. The highest BCUT2D eigenvalue weighted by molar-refractivity contribution is 7.16. The van der Waals surface area contributed by atoms with Crippen molar-refractivity contribution in [3.63, 3.8) is 0 Å². The van der Waals surface area contributed by atoms with Crippen LogP contribution in [0.5, 0.6) is 0 Å². The lowest BCUT2D eigenvalue weighted by atomic mass is 9.92. The Bertz CT molecular complexity index is 988. The van der Waals surface area contributed by atoms with Gasteiger partial charge in [0, 0.05) is 24.0 Å². The summed E-state index contributed by atoms with van der Waals surface area (Å²) < 4.78 is 0. The van der Waals surface area contributed by atoms with Crippen molar-refractivity contribution >= 4 is 34.4 Å². The summed E-state index contributed by atoms with van der Waals surface area (Å²) >= 11 is 3.14. The average Bonchev–Trinajstić information content (AvgIpc) is 3.20. The number of amides is 1. The zero-order chi connectivity index (χ0) is 19.0. The minimum Gasteiger partial charge on any atom is -0.337 e. The van der Waals surface area contributed by atoms with E-state index in [1.165, 1.54) is 11.3 Å². The average molecular weight is 398 g/mol. The molecule has 3 aromatic rings. The van der Waals surface area contributed by atoms with Crippen LogP contribution in [0.4, 0.5) is 0 Å². The van der Waals surface area contributed by atoms with E-state index in [1.807, 2.05) is 37.4 Å². The Balaban J connectivity index is 1.35. The number of carbonyl (C=O) groups excluding carboxylic acids is 2. The molecule has 1 aliphatic heterocycles. The van der Waals surface area contributed by atoms with Gasteiger partial charge in [0.2, 0.25) is 0 Å². The summed E-state index contributed by atoms with van der Waals surface area (Å²) in [5.74, 6) is 0.0647. The van der Waals surface area contributed by atoms with Gasteiger partial charge < -0.3 is 4.90 Å². The topological polar surface area (TPSA) is 63.2 Å². The molecule has 7 heteroatoms. The van der Waals surface area contributed by atoms with Crippen LogP contribution in [0.2, 0.25) is 0 Å². The number of aryl methyl sites for hydroxylation is 2. The summed E-state index contributed by atoms with van der Waals surface area (Å²) in [7, 11) is 0. The number of hydrogen-bond donors (Lipinski definition) is 0. The van der Waals surface area contributed by atoms with Crippen LogP contribution >= 0.6 is 22.7 Å². The van der Waals surface area contributed by atoms with Crippen molar-refractivity contribution in [1.29, 1.82) is 0 Å². The molecule has 0 unspecified atom stereocenters. The van der Waals surface area contributed by atoms with E-state index in [0.717, 1.165) is 26.3 Å². The van der Waals surface area contributed by atoms with Crippen LogP contribution in [-0.4, -0.2) is 39.6 Å². The van der Waals surface area contributed by atoms with E-state index < -0.39 is 0 Å². The molecule has 2 aromatic heterocycles. The standard InChI is InChI=1S/C20H19N3O2S2/c1-12-19(27-13(2)21-12)16-11-26-18(22-16)8-17(24)15-9-23(10-15)20(25)14-6-4-3-5-7-14/h3-7,11,15H,8-10H2,1-2H3. The predicted octanol–water partition coefficient (Wildman–Crippen LogP) is 3.77. The van der Waals surface area contributed by atoms with E-state index in [-0.39, 0.29) is 17.6 Å². The molecule has 0 bridgehead atoms. The Morgan fingerprint density at radius 1 is 1.15 bits per heavy atom. The number of benzene rings is 1. The van der Waals surface area contributed by atoms with Crippen LogP contribution in [0.25, 0.3) is 10.6 Å². The molecule has 1 aromatic carbocycles. The third-order valence-electron chi connectivity index (χ3n) is 4.66. The first-order valence-corrected chi connectivity index (χ1v) is 10.5. The second-order valence-electron chi connectivity index (χ2n) is 6.69. The molecule has 5 nitrogen and oxygen atoms in total. The molecule has 138 valence electrons. The van der Waals surface area contributed by atoms with Gasteiger partial charge in [-0.1, -0.05) is 18.2 Å². The zero-order valence-electron chi connectivity index (χ0n) is 15.1. The molecular formula is C20H19N3O2S2. The summed E-state index contributed by atoms with van der Waals surface area (Å²) in [6, 6.07) is 9.19. The zero-order valence-corrected chi connectivity index (χ0v) is 16.8. The van der Waals surface area contributed by atoms with Crippen LogP contribution < -0.4 is 0 Å². The fourth-order valence-electron chi connectivity index (χ4n) is 3.17. The molecular weight excluding hydrogens is 378 g/mol. The first-order chi connectivity index (χ1) is 13.0. The van der Waals surface area contributed by atoms with Crippen molar-refractivity contribution in [2.45, 2.75) is 20.3 Å². The van der Waals surface area contributed by atoms with Gasteiger partial charge in [-0.2, -0.15) is 0 Å². The smallest absolute Gasteiger partial charge is 0.253 e. The van der Waals surface area contributed by atoms with E-state index >= 15 is 0 Å². The van der Waals surface area contributed by atoms with E-state index in [1.54, 1.807) is 28.4 Å². The SMILES string of the molecule is Cc1nc(C)c(-c2csc(CC(=O)C3CN(C(=O)c4ccccc4)C3)n2)s1. The molecule has 0 N–H and O–H groups in total. The molecule has 27 heavy (non-hydrogen) atoms. The van der Waals surface area contributed by atoms with Crippen molar-refractivity contribution in [3.05, 3.63) is 57.0 Å². The van der Waals surface area contributed by atoms with Gasteiger partial charge in [0.05, 0.1) is 33.6 Å². The fraction of sp³-hybridized carbons (Fsp3) is 0.300. The van der Waals surface area contributed by atoms with Crippen molar-refractivity contribution in [1.82, 2.24) is 14.9 Å². The Hall–Kier alpha value is -2.38. The van der Waals surface area contributed by atoms with Gasteiger partial charge in [0.15, 0.2) is 0 Å². The number of Topliss-reactive ketones (excluding diaryl/α,β-unsaturated/α-hetero) is 1. The van der Waals surface area contributed by atoms with Gasteiger partial charge in [-0.3, -0.25) is 9.59 Å². The number of nitrogens with zero attached hydrogens (tertiary/aromatic N) is 3. The van der Waals surface area contributed by atoms with Crippen LogP contribution in [0, 0.1) is 19.8 Å². The summed E-state index contributed by atoms with van der Waals surface area (Å²) in [4.78, 5) is 36.7. The molecule has 0 aliphatic carbocycles. The molecule has 0 spiro atoms. The normalized spacial score (nSPS) is 14.2. The van der Waals surface area contributed by atoms with Crippen LogP contribution in [0.1, 0.15) is 26.1 Å². The molecule has 1 saturated heterocycles. The number of thiazole rings is 2. The summed E-state index contributed by atoms with van der Waals surface area (Å²) in [5, 5.41) is 3.84. The molecule has 1 aliphatic rings. The highest BCUT2D eigenvalue weighted by Crippen LogP contribution is 2.31.